The Morgan fingerprint density at radius 2 is 1.77 bits per heavy atom. The third kappa shape index (κ3) is 7.24. The quantitative estimate of drug-likeness (QED) is 0.575. The number of hydrogen-bond donors (Lipinski definition) is 1. The Balaban J connectivity index is 1.18. The van der Waals surface area contributed by atoms with Gasteiger partial charge in [0.05, 0.1) is 4.90 Å². The molecule has 7 heteroatoms. The summed E-state index contributed by atoms with van der Waals surface area (Å²) >= 11 is 0. The van der Waals surface area contributed by atoms with Crippen molar-refractivity contribution in [3.8, 4) is 0 Å². The Hall–Kier alpha value is -2.51. The van der Waals surface area contributed by atoms with Gasteiger partial charge in [0.2, 0.25) is 5.91 Å². The highest BCUT2D eigenvalue weighted by Crippen LogP contribution is 2.28. The van der Waals surface area contributed by atoms with Gasteiger partial charge in [-0.25, -0.2) is 12.8 Å². The summed E-state index contributed by atoms with van der Waals surface area (Å²) in [4.78, 5) is 15.2. The van der Waals surface area contributed by atoms with Crippen LogP contribution in [-0.4, -0.2) is 51.2 Å². The molecule has 35 heavy (non-hydrogen) atoms. The largest absolute Gasteiger partial charge is 0.350 e. The lowest BCUT2D eigenvalue weighted by atomic mass is 9.84. The molecule has 2 aromatic rings. The molecule has 0 unspecified atom stereocenters. The minimum absolute atomic E-state index is 0.167. The fourth-order valence-corrected chi connectivity index (χ4v) is 5.86. The average molecular weight is 499 g/mol. The van der Waals surface area contributed by atoms with E-state index in [2.05, 4.69) is 10.2 Å². The normalized spacial score (nSPS) is 21.4. The highest BCUT2D eigenvalue weighted by Gasteiger charge is 2.23. The Kier molecular flexibility index (Phi) is 8.39. The summed E-state index contributed by atoms with van der Waals surface area (Å²) in [5.41, 5.74) is 2.84. The first-order valence-corrected chi connectivity index (χ1v) is 14.4. The van der Waals surface area contributed by atoms with Gasteiger partial charge >= 0.3 is 0 Å². The second-order valence-electron chi connectivity index (χ2n) is 9.91. The van der Waals surface area contributed by atoms with Gasteiger partial charge in [-0.1, -0.05) is 24.3 Å². The van der Waals surface area contributed by atoms with E-state index in [1.807, 2.05) is 12.1 Å². The van der Waals surface area contributed by atoms with Crippen molar-refractivity contribution in [3.63, 3.8) is 0 Å². The van der Waals surface area contributed by atoms with E-state index >= 15 is 0 Å². The minimum Gasteiger partial charge on any atom is -0.350 e. The molecule has 188 valence electrons. The number of amides is 1. The Labute approximate surface area is 208 Å². The van der Waals surface area contributed by atoms with E-state index < -0.39 is 9.84 Å². The number of nitrogens with zero attached hydrogens (tertiary/aromatic N) is 1. The van der Waals surface area contributed by atoms with Crippen molar-refractivity contribution in [2.24, 2.45) is 5.92 Å². The van der Waals surface area contributed by atoms with Crippen LogP contribution in [0.15, 0.2) is 53.4 Å². The third-order valence-corrected chi connectivity index (χ3v) is 8.48. The molecular weight excluding hydrogens is 463 g/mol. The smallest absolute Gasteiger partial charge is 0.244 e. The number of rotatable bonds is 7. The molecule has 0 radical (unpaired) electrons. The summed E-state index contributed by atoms with van der Waals surface area (Å²) < 4.78 is 37.5. The fraction of sp³-hybridized carbons (Fsp3) is 0.464. The number of nitrogens with one attached hydrogen (secondary N) is 1. The molecule has 2 aliphatic rings. The lowest BCUT2D eigenvalue weighted by Gasteiger charge is -2.30. The number of hydrogen-bond acceptors (Lipinski definition) is 4. The van der Waals surface area contributed by atoms with Gasteiger partial charge in [0.1, 0.15) is 5.82 Å². The van der Waals surface area contributed by atoms with Crippen molar-refractivity contribution in [2.45, 2.75) is 55.9 Å². The summed E-state index contributed by atoms with van der Waals surface area (Å²) in [6.07, 6.45) is 11.4. The zero-order chi connectivity index (χ0) is 24.8. The van der Waals surface area contributed by atoms with Crippen molar-refractivity contribution < 1.29 is 17.6 Å². The second kappa shape index (κ2) is 11.5. The molecule has 1 heterocycles. The molecule has 1 amide bonds. The highest BCUT2D eigenvalue weighted by molar-refractivity contribution is 7.90. The van der Waals surface area contributed by atoms with Crippen molar-refractivity contribution in [1.29, 1.82) is 0 Å². The van der Waals surface area contributed by atoms with Crippen LogP contribution in [0.25, 0.3) is 6.08 Å². The Bertz CT molecular complexity index is 1170. The molecule has 0 bridgehead atoms. The number of carbonyl (C=O) groups is 1. The van der Waals surface area contributed by atoms with Crippen molar-refractivity contribution in [2.75, 3.05) is 25.9 Å². The van der Waals surface area contributed by atoms with Crippen LogP contribution in [-0.2, 0) is 27.5 Å². The van der Waals surface area contributed by atoms with Crippen LogP contribution in [0.3, 0.4) is 0 Å². The van der Waals surface area contributed by atoms with Crippen LogP contribution in [0.5, 0.6) is 0 Å². The van der Waals surface area contributed by atoms with Crippen molar-refractivity contribution in [1.82, 2.24) is 10.2 Å². The van der Waals surface area contributed by atoms with E-state index in [1.165, 1.54) is 30.0 Å². The number of carbonyl (C=O) groups excluding carboxylic acids is 1. The van der Waals surface area contributed by atoms with Gasteiger partial charge in [0, 0.05) is 37.0 Å². The van der Waals surface area contributed by atoms with Crippen LogP contribution in [0.1, 0.15) is 48.8 Å². The van der Waals surface area contributed by atoms with Gasteiger partial charge in [-0.05, 0) is 92.8 Å². The highest BCUT2D eigenvalue weighted by atomic mass is 32.2. The van der Waals surface area contributed by atoms with Crippen molar-refractivity contribution >= 4 is 21.8 Å². The summed E-state index contributed by atoms with van der Waals surface area (Å²) in [6.45, 7) is 3.02. The fourth-order valence-electron chi connectivity index (χ4n) is 5.19. The lowest BCUT2D eigenvalue weighted by molar-refractivity contribution is -0.117. The molecule has 0 aromatic heterocycles. The number of sulfone groups is 1. The summed E-state index contributed by atoms with van der Waals surface area (Å²) in [5.74, 6) is 0.170. The van der Waals surface area contributed by atoms with Gasteiger partial charge in [0.25, 0.3) is 0 Å². The first-order chi connectivity index (χ1) is 16.8. The van der Waals surface area contributed by atoms with E-state index in [0.29, 0.717) is 16.4 Å². The first-order valence-electron chi connectivity index (χ1n) is 12.6. The van der Waals surface area contributed by atoms with E-state index in [9.17, 15) is 17.6 Å². The molecular formula is C28H35FN2O3S. The van der Waals surface area contributed by atoms with Crippen molar-refractivity contribution in [3.05, 3.63) is 71.0 Å². The third-order valence-electron chi connectivity index (χ3n) is 7.37. The predicted molar refractivity (Wildman–Crippen MR) is 137 cm³/mol. The molecule has 1 fully saturated rings. The van der Waals surface area contributed by atoms with E-state index in [4.69, 9.17) is 0 Å². The molecule has 1 N–H and O–H groups in total. The van der Waals surface area contributed by atoms with Crippen LogP contribution in [0.2, 0.25) is 0 Å². The topological polar surface area (TPSA) is 66.5 Å². The molecule has 1 aliphatic heterocycles. The van der Waals surface area contributed by atoms with Crippen LogP contribution >= 0.6 is 0 Å². The Morgan fingerprint density at radius 1 is 1.06 bits per heavy atom. The molecule has 1 saturated carbocycles. The average Bonchev–Trinajstić information content (AvgIpc) is 3.04. The maximum atomic E-state index is 13.7. The van der Waals surface area contributed by atoms with Crippen LogP contribution in [0, 0.1) is 11.7 Å². The van der Waals surface area contributed by atoms with E-state index in [-0.39, 0.29) is 17.8 Å². The second-order valence-corrected chi connectivity index (χ2v) is 11.9. The monoisotopic (exact) mass is 498 g/mol. The zero-order valence-electron chi connectivity index (χ0n) is 20.4. The van der Waals surface area contributed by atoms with Gasteiger partial charge in [-0.2, -0.15) is 0 Å². The predicted octanol–water partition coefficient (Wildman–Crippen LogP) is 4.41. The molecule has 5 nitrogen and oxygen atoms in total. The molecule has 0 atom stereocenters. The van der Waals surface area contributed by atoms with E-state index in [1.54, 1.807) is 24.3 Å². The van der Waals surface area contributed by atoms with E-state index in [0.717, 1.165) is 70.1 Å². The maximum absolute atomic E-state index is 13.7. The molecule has 0 saturated heterocycles. The maximum Gasteiger partial charge on any atom is 0.244 e. The zero-order valence-corrected chi connectivity index (χ0v) is 21.2. The number of fused-ring (bicyclic) bond motifs is 1. The minimum atomic E-state index is -3.18. The molecule has 0 spiro atoms. The van der Waals surface area contributed by atoms with Gasteiger partial charge in [-0.3, -0.25) is 4.79 Å². The van der Waals surface area contributed by atoms with Gasteiger partial charge < -0.3 is 10.2 Å². The lowest BCUT2D eigenvalue weighted by Crippen LogP contribution is -2.37. The number of benzene rings is 2. The summed E-state index contributed by atoms with van der Waals surface area (Å²) in [6, 6.07) is 12.2. The van der Waals surface area contributed by atoms with Gasteiger partial charge in [-0.15, -0.1) is 0 Å². The molecule has 1 aliphatic carbocycles. The SMILES string of the molecule is CS(=O)(=O)c1ccc2c(c1)CCN(CCC1CCC(NC(=O)C=Cc3ccccc3F)CC1)CC2. The first kappa shape index (κ1) is 25.6. The van der Waals surface area contributed by atoms with Crippen LogP contribution < -0.4 is 5.32 Å². The summed E-state index contributed by atoms with van der Waals surface area (Å²) in [5, 5.41) is 3.07. The van der Waals surface area contributed by atoms with Crippen LogP contribution in [0.4, 0.5) is 4.39 Å². The van der Waals surface area contributed by atoms with Gasteiger partial charge in [0.15, 0.2) is 9.84 Å². The standard InChI is InChI=1S/C28H35FN2O3S/c1-35(33,34)26-12-8-22-15-18-31(19-16-24(22)20-26)17-14-21-6-10-25(11-7-21)30-28(32)13-9-23-4-2-3-5-27(23)29/h2-5,8-9,12-13,20-21,25H,6-7,10-11,14-19H2,1H3,(H,30,32). The summed E-state index contributed by atoms with van der Waals surface area (Å²) in [7, 11) is -3.18. The molecule has 2 aromatic carbocycles. The number of halogens is 1. The molecule has 4 rings (SSSR count). The Morgan fingerprint density at radius 3 is 2.49 bits per heavy atom.